The van der Waals surface area contributed by atoms with Gasteiger partial charge in [0.15, 0.2) is 0 Å². The van der Waals surface area contributed by atoms with E-state index in [0.29, 0.717) is 11.1 Å². The van der Waals surface area contributed by atoms with E-state index in [4.69, 9.17) is 4.74 Å². The first-order valence-corrected chi connectivity index (χ1v) is 7.01. The molecule has 0 radical (unpaired) electrons. The van der Waals surface area contributed by atoms with Crippen LogP contribution in [0.5, 0.6) is 0 Å². The zero-order chi connectivity index (χ0) is 16.8. The van der Waals surface area contributed by atoms with E-state index in [0.717, 1.165) is 12.1 Å². The zero-order valence-electron chi connectivity index (χ0n) is 12.6. The number of halogens is 2. The summed E-state index contributed by atoms with van der Waals surface area (Å²) in [4.78, 5) is 12.2. The summed E-state index contributed by atoms with van der Waals surface area (Å²) in [5.74, 6) is -2.16. The molecule has 1 unspecified atom stereocenters. The molecule has 122 valence electrons. The maximum atomic E-state index is 13.6. The van der Waals surface area contributed by atoms with Gasteiger partial charge in [-0.15, -0.1) is 0 Å². The smallest absolute Gasteiger partial charge is 0.251 e. The van der Waals surface area contributed by atoms with Crippen molar-refractivity contribution < 1.29 is 23.4 Å². The second-order valence-electron chi connectivity index (χ2n) is 4.95. The van der Waals surface area contributed by atoms with E-state index in [1.54, 1.807) is 24.3 Å². The molecule has 0 aromatic heterocycles. The van der Waals surface area contributed by atoms with Crippen molar-refractivity contribution in [2.24, 2.45) is 0 Å². The second-order valence-corrected chi connectivity index (χ2v) is 4.95. The Balaban J connectivity index is 2.07. The fourth-order valence-corrected chi connectivity index (χ4v) is 2.24. The molecule has 2 aromatic rings. The lowest BCUT2D eigenvalue weighted by atomic mass is 10.1. The number of methoxy groups -OCH3 is 1. The Labute approximate surface area is 132 Å². The molecular weight excluding hydrogens is 304 g/mol. The highest BCUT2D eigenvalue weighted by Crippen LogP contribution is 2.20. The highest BCUT2D eigenvalue weighted by molar-refractivity contribution is 5.95. The third kappa shape index (κ3) is 4.12. The van der Waals surface area contributed by atoms with E-state index in [2.05, 4.69) is 5.32 Å². The number of carbonyl (C=O) groups excluding carboxylic acids is 1. The molecule has 4 nitrogen and oxygen atoms in total. The van der Waals surface area contributed by atoms with E-state index < -0.39 is 29.2 Å². The van der Waals surface area contributed by atoms with Crippen molar-refractivity contribution in [3.63, 3.8) is 0 Å². The molecular formula is C17H17F2NO3. The Bertz CT molecular complexity index is 671. The van der Waals surface area contributed by atoms with Crippen LogP contribution < -0.4 is 5.32 Å². The van der Waals surface area contributed by atoms with Gasteiger partial charge in [-0.3, -0.25) is 4.79 Å². The number of hydrogen-bond donors (Lipinski definition) is 2. The molecule has 0 aliphatic rings. The first-order chi connectivity index (χ1) is 11.0. The van der Waals surface area contributed by atoms with Gasteiger partial charge in [0.2, 0.25) is 0 Å². The Kier molecular flexibility index (Phi) is 5.78. The highest BCUT2D eigenvalue weighted by Gasteiger charge is 2.19. The second kappa shape index (κ2) is 7.80. The topological polar surface area (TPSA) is 58.6 Å². The summed E-state index contributed by atoms with van der Waals surface area (Å²) in [6.45, 7) is -0.0495. The minimum atomic E-state index is -1.48. The molecule has 0 spiro atoms. The Hall–Kier alpha value is -2.31. The molecule has 1 amide bonds. The Morgan fingerprint density at radius 1 is 1.17 bits per heavy atom. The van der Waals surface area contributed by atoms with Crippen molar-refractivity contribution >= 4 is 5.91 Å². The average molecular weight is 321 g/mol. The lowest BCUT2D eigenvalue weighted by Crippen LogP contribution is -2.29. The minimum Gasteiger partial charge on any atom is -0.386 e. The number of ether oxygens (including phenoxy) is 1. The van der Waals surface area contributed by atoms with Crippen molar-refractivity contribution in [2.75, 3.05) is 13.7 Å². The largest absolute Gasteiger partial charge is 0.386 e. The molecule has 0 saturated carbocycles. The maximum absolute atomic E-state index is 13.6. The predicted molar refractivity (Wildman–Crippen MR) is 80.8 cm³/mol. The van der Waals surface area contributed by atoms with Gasteiger partial charge in [-0.05, 0) is 23.8 Å². The van der Waals surface area contributed by atoms with Gasteiger partial charge in [0, 0.05) is 19.2 Å². The lowest BCUT2D eigenvalue weighted by Gasteiger charge is -2.15. The summed E-state index contributed by atoms with van der Waals surface area (Å²) in [5, 5.41) is 12.4. The van der Waals surface area contributed by atoms with Gasteiger partial charge in [0.05, 0.1) is 12.2 Å². The van der Waals surface area contributed by atoms with E-state index in [-0.39, 0.29) is 13.2 Å². The van der Waals surface area contributed by atoms with Gasteiger partial charge in [-0.25, -0.2) is 8.78 Å². The average Bonchev–Trinajstić information content (AvgIpc) is 2.53. The van der Waals surface area contributed by atoms with Gasteiger partial charge >= 0.3 is 0 Å². The van der Waals surface area contributed by atoms with E-state index in [9.17, 15) is 18.7 Å². The third-order valence-corrected chi connectivity index (χ3v) is 3.35. The Morgan fingerprint density at radius 3 is 2.48 bits per heavy atom. The molecule has 0 heterocycles. The number of rotatable bonds is 6. The SMILES string of the molecule is COCc1ccccc1C(=O)NCC(O)c1c(F)cccc1F. The molecule has 0 fully saturated rings. The molecule has 0 aliphatic heterocycles. The van der Waals surface area contributed by atoms with Crippen LogP contribution in [-0.2, 0) is 11.3 Å². The zero-order valence-corrected chi connectivity index (χ0v) is 12.6. The fraction of sp³-hybridized carbons (Fsp3) is 0.235. The number of benzene rings is 2. The number of aliphatic hydroxyl groups is 1. The first-order valence-electron chi connectivity index (χ1n) is 7.01. The normalized spacial score (nSPS) is 12.0. The van der Waals surface area contributed by atoms with Gasteiger partial charge in [-0.2, -0.15) is 0 Å². The number of nitrogens with one attached hydrogen (secondary N) is 1. The predicted octanol–water partition coefficient (Wildman–Crippen LogP) is 2.57. The van der Waals surface area contributed by atoms with Crippen molar-refractivity contribution in [3.05, 3.63) is 70.8 Å². The van der Waals surface area contributed by atoms with Crippen molar-refractivity contribution in [1.29, 1.82) is 0 Å². The van der Waals surface area contributed by atoms with E-state index >= 15 is 0 Å². The van der Waals surface area contributed by atoms with Crippen LogP contribution in [0.15, 0.2) is 42.5 Å². The molecule has 2 N–H and O–H groups in total. The number of hydrogen-bond acceptors (Lipinski definition) is 3. The van der Waals surface area contributed by atoms with Crippen LogP contribution in [0.1, 0.15) is 27.6 Å². The summed E-state index contributed by atoms with van der Waals surface area (Å²) in [5.41, 5.74) is 0.604. The number of carbonyl (C=O) groups is 1. The molecule has 0 aliphatic carbocycles. The van der Waals surface area contributed by atoms with Gasteiger partial charge in [0.1, 0.15) is 17.7 Å². The molecule has 2 rings (SSSR count). The van der Waals surface area contributed by atoms with Crippen LogP contribution in [0.2, 0.25) is 0 Å². The van der Waals surface area contributed by atoms with Crippen molar-refractivity contribution in [1.82, 2.24) is 5.32 Å². The molecule has 0 saturated heterocycles. The monoisotopic (exact) mass is 321 g/mol. The molecule has 23 heavy (non-hydrogen) atoms. The van der Waals surface area contributed by atoms with Crippen molar-refractivity contribution in [3.8, 4) is 0 Å². The molecule has 1 atom stereocenters. The summed E-state index contributed by atoms with van der Waals surface area (Å²) >= 11 is 0. The molecule has 0 bridgehead atoms. The first kappa shape index (κ1) is 17.1. The number of amides is 1. The standard InChI is InChI=1S/C17H17F2NO3/c1-23-10-11-5-2-3-6-12(11)17(22)20-9-15(21)16-13(18)7-4-8-14(16)19/h2-8,15,21H,9-10H2,1H3,(H,20,22). The van der Waals surface area contributed by atoms with Gasteiger partial charge < -0.3 is 15.2 Å². The summed E-state index contributed by atoms with van der Waals surface area (Å²) in [6, 6.07) is 10.1. The third-order valence-electron chi connectivity index (χ3n) is 3.35. The fourth-order valence-electron chi connectivity index (χ4n) is 2.24. The van der Waals surface area contributed by atoms with Crippen LogP contribution in [0.25, 0.3) is 0 Å². The number of aliphatic hydroxyl groups excluding tert-OH is 1. The Morgan fingerprint density at radius 2 is 1.83 bits per heavy atom. The van der Waals surface area contributed by atoms with Crippen molar-refractivity contribution in [2.45, 2.75) is 12.7 Å². The van der Waals surface area contributed by atoms with Crippen LogP contribution in [-0.4, -0.2) is 24.7 Å². The summed E-state index contributed by atoms with van der Waals surface area (Å²) in [6.07, 6.45) is -1.48. The van der Waals surface area contributed by atoms with Gasteiger partial charge in [-0.1, -0.05) is 24.3 Å². The minimum absolute atomic E-state index is 0.258. The van der Waals surface area contributed by atoms with Crippen LogP contribution in [0, 0.1) is 11.6 Å². The van der Waals surface area contributed by atoms with Gasteiger partial charge in [0.25, 0.3) is 5.91 Å². The van der Waals surface area contributed by atoms with E-state index in [1.807, 2.05) is 0 Å². The summed E-state index contributed by atoms with van der Waals surface area (Å²) < 4.78 is 32.2. The van der Waals surface area contributed by atoms with E-state index in [1.165, 1.54) is 13.2 Å². The lowest BCUT2D eigenvalue weighted by molar-refractivity contribution is 0.0906. The quantitative estimate of drug-likeness (QED) is 0.860. The van der Waals surface area contributed by atoms with Crippen LogP contribution in [0.4, 0.5) is 8.78 Å². The maximum Gasteiger partial charge on any atom is 0.251 e. The molecule has 6 heteroatoms. The van der Waals surface area contributed by atoms with Crippen LogP contribution >= 0.6 is 0 Å². The van der Waals surface area contributed by atoms with Crippen LogP contribution in [0.3, 0.4) is 0 Å². The molecule has 2 aromatic carbocycles. The summed E-state index contributed by atoms with van der Waals surface area (Å²) in [7, 11) is 1.51. The highest BCUT2D eigenvalue weighted by atomic mass is 19.1.